The molecule has 136 valence electrons. The zero-order chi connectivity index (χ0) is 17.1. The van der Waals surface area contributed by atoms with Gasteiger partial charge in [0.15, 0.2) is 0 Å². The van der Waals surface area contributed by atoms with Crippen molar-refractivity contribution in [1.82, 2.24) is 20.2 Å². The largest absolute Gasteiger partial charge is 0.355 e. The third kappa shape index (κ3) is 4.55. The highest BCUT2D eigenvalue weighted by Crippen LogP contribution is 2.22. The molecule has 2 saturated heterocycles. The molecule has 1 amide bonds. The molecule has 3 heterocycles. The number of thioether (sulfide) groups is 1. The van der Waals surface area contributed by atoms with Gasteiger partial charge in [0, 0.05) is 62.9 Å². The standard InChI is InChI=1S/C17H26N6OS/c24-17(20-14-1-2-14)12-21-3-5-22(6-4-21)15-11-16(19-13-18-15)23-7-9-25-10-8-23/h11,13-14H,1-10,12H2,(H,20,24). The number of carbonyl (C=O) groups is 1. The maximum atomic E-state index is 11.9. The molecule has 0 atom stereocenters. The second-order valence-corrected chi connectivity index (χ2v) is 8.16. The van der Waals surface area contributed by atoms with Crippen LogP contribution in [0, 0.1) is 0 Å². The Hall–Kier alpha value is -1.54. The molecule has 0 unspecified atom stereocenters. The van der Waals surface area contributed by atoms with E-state index in [4.69, 9.17) is 0 Å². The summed E-state index contributed by atoms with van der Waals surface area (Å²) in [5.74, 6) is 4.55. The SMILES string of the molecule is O=C(CN1CCN(c2cc(N3CCSCC3)ncn2)CC1)NC1CC1. The molecule has 3 aliphatic rings. The van der Waals surface area contributed by atoms with Gasteiger partial charge in [0.25, 0.3) is 0 Å². The van der Waals surface area contributed by atoms with Crippen LogP contribution in [0.4, 0.5) is 11.6 Å². The monoisotopic (exact) mass is 362 g/mol. The topological polar surface area (TPSA) is 64.6 Å². The number of nitrogens with zero attached hydrogens (tertiary/aromatic N) is 5. The predicted molar refractivity (Wildman–Crippen MR) is 101 cm³/mol. The van der Waals surface area contributed by atoms with E-state index in [1.165, 1.54) is 11.5 Å². The van der Waals surface area contributed by atoms with E-state index in [1.807, 2.05) is 11.8 Å². The van der Waals surface area contributed by atoms with Crippen LogP contribution in [-0.4, -0.2) is 84.1 Å². The Kier molecular flexibility index (Phi) is 5.26. The molecule has 0 aromatic carbocycles. The van der Waals surface area contributed by atoms with Gasteiger partial charge in [0.2, 0.25) is 5.91 Å². The van der Waals surface area contributed by atoms with Crippen molar-refractivity contribution in [2.24, 2.45) is 0 Å². The van der Waals surface area contributed by atoms with Crippen LogP contribution in [0.5, 0.6) is 0 Å². The molecule has 8 heteroatoms. The molecule has 0 bridgehead atoms. The average Bonchev–Trinajstić information content (AvgIpc) is 3.47. The maximum absolute atomic E-state index is 11.9. The highest BCUT2D eigenvalue weighted by molar-refractivity contribution is 7.99. The van der Waals surface area contributed by atoms with Crippen LogP contribution in [0.2, 0.25) is 0 Å². The van der Waals surface area contributed by atoms with E-state index < -0.39 is 0 Å². The molecular formula is C17H26N6OS. The molecule has 7 nitrogen and oxygen atoms in total. The van der Waals surface area contributed by atoms with Crippen LogP contribution in [0.25, 0.3) is 0 Å². The van der Waals surface area contributed by atoms with Crippen molar-refractivity contribution in [3.8, 4) is 0 Å². The summed E-state index contributed by atoms with van der Waals surface area (Å²) >= 11 is 2.00. The zero-order valence-corrected chi connectivity index (χ0v) is 15.4. The third-order valence-corrected chi connectivity index (χ3v) is 5.92. The molecule has 1 saturated carbocycles. The predicted octanol–water partition coefficient (Wildman–Crippen LogP) is 0.430. The van der Waals surface area contributed by atoms with E-state index in [1.54, 1.807) is 6.33 Å². The lowest BCUT2D eigenvalue weighted by Crippen LogP contribution is -2.50. The van der Waals surface area contributed by atoms with Gasteiger partial charge < -0.3 is 15.1 Å². The van der Waals surface area contributed by atoms with Gasteiger partial charge in [-0.1, -0.05) is 0 Å². The minimum Gasteiger partial charge on any atom is -0.355 e. The number of piperazine rings is 1. The summed E-state index contributed by atoms with van der Waals surface area (Å²) in [5.41, 5.74) is 0. The van der Waals surface area contributed by atoms with Crippen LogP contribution in [0.1, 0.15) is 12.8 Å². The summed E-state index contributed by atoms with van der Waals surface area (Å²) in [7, 11) is 0. The summed E-state index contributed by atoms with van der Waals surface area (Å²) in [6.45, 7) is 6.25. The molecule has 1 aliphatic carbocycles. The lowest BCUT2D eigenvalue weighted by atomic mass is 10.3. The number of amides is 1. The Balaban J connectivity index is 1.30. The van der Waals surface area contributed by atoms with E-state index in [9.17, 15) is 4.79 Å². The Labute approximate surface area is 153 Å². The number of aromatic nitrogens is 2. The van der Waals surface area contributed by atoms with E-state index in [2.05, 4.69) is 36.1 Å². The second-order valence-electron chi connectivity index (χ2n) is 6.94. The summed E-state index contributed by atoms with van der Waals surface area (Å²) < 4.78 is 0. The van der Waals surface area contributed by atoms with Gasteiger partial charge in [-0.2, -0.15) is 11.8 Å². The summed E-state index contributed by atoms with van der Waals surface area (Å²) in [5, 5.41) is 3.07. The Bertz CT molecular complexity index is 597. The van der Waals surface area contributed by atoms with Crippen molar-refractivity contribution in [3.63, 3.8) is 0 Å². The Morgan fingerprint density at radius 3 is 2.32 bits per heavy atom. The molecule has 0 radical (unpaired) electrons. The van der Waals surface area contributed by atoms with E-state index >= 15 is 0 Å². The van der Waals surface area contributed by atoms with Crippen molar-refractivity contribution < 1.29 is 4.79 Å². The van der Waals surface area contributed by atoms with Crippen molar-refractivity contribution in [3.05, 3.63) is 12.4 Å². The number of carbonyl (C=O) groups excluding carboxylic acids is 1. The van der Waals surface area contributed by atoms with Gasteiger partial charge in [-0.15, -0.1) is 0 Å². The van der Waals surface area contributed by atoms with Gasteiger partial charge in [-0.3, -0.25) is 9.69 Å². The number of anilines is 2. The van der Waals surface area contributed by atoms with Gasteiger partial charge in [-0.25, -0.2) is 9.97 Å². The summed E-state index contributed by atoms with van der Waals surface area (Å²) in [6, 6.07) is 2.56. The Morgan fingerprint density at radius 1 is 1.04 bits per heavy atom. The van der Waals surface area contributed by atoms with E-state index in [0.717, 1.165) is 63.7 Å². The average molecular weight is 363 g/mol. The van der Waals surface area contributed by atoms with Gasteiger partial charge in [0.1, 0.15) is 18.0 Å². The van der Waals surface area contributed by atoms with Gasteiger partial charge >= 0.3 is 0 Å². The first kappa shape index (κ1) is 16.9. The van der Waals surface area contributed by atoms with Crippen LogP contribution in [-0.2, 0) is 4.79 Å². The molecule has 1 N–H and O–H groups in total. The Morgan fingerprint density at radius 2 is 1.68 bits per heavy atom. The lowest BCUT2D eigenvalue weighted by molar-refractivity contribution is -0.122. The van der Waals surface area contributed by atoms with Crippen LogP contribution in [0.15, 0.2) is 12.4 Å². The highest BCUT2D eigenvalue weighted by atomic mass is 32.2. The fraction of sp³-hybridized carbons (Fsp3) is 0.706. The van der Waals surface area contributed by atoms with Crippen LogP contribution in [0.3, 0.4) is 0 Å². The number of rotatable bonds is 5. The van der Waals surface area contributed by atoms with E-state index in [-0.39, 0.29) is 5.91 Å². The maximum Gasteiger partial charge on any atom is 0.234 e. The summed E-state index contributed by atoms with van der Waals surface area (Å²) in [6.07, 6.45) is 3.97. The second kappa shape index (κ2) is 7.78. The number of hydrogen-bond acceptors (Lipinski definition) is 7. The van der Waals surface area contributed by atoms with Crippen LogP contribution >= 0.6 is 11.8 Å². The lowest BCUT2D eigenvalue weighted by Gasteiger charge is -2.35. The minimum absolute atomic E-state index is 0.170. The molecule has 3 fully saturated rings. The first-order valence-electron chi connectivity index (χ1n) is 9.19. The van der Waals surface area contributed by atoms with Gasteiger partial charge in [0.05, 0.1) is 6.54 Å². The fourth-order valence-corrected chi connectivity index (χ4v) is 4.22. The highest BCUT2D eigenvalue weighted by Gasteiger charge is 2.25. The molecule has 0 spiro atoms. The number of hydrogen-bond donors (Lipinski definition) is 1. The van der Waals surface area contributed by atoms with Gasteiger partial charge in [-0.05, 0) is 12.8 Å². The first-order chi connectivity index (χ1) is 12.3. The van der Waals surface area contributed by atoms with Crippen molar-refractivity contribution in [2.45, 2.75) is 18.9 Å². The first-order valence-corrected chi connectivity index (χ1v) is 10.3. The molecule has 4 rings (SSSR count). The normalized spacial score (nSPS) is 22.1. The molecule has 2 aliphatic heterocycles. The molecule has 1 aromatic rings. The smallest absolute Gasteiger partial charge is 0.234 e. The zero-order valence-electron chi connectivity index (χ0n) is 14.6. The van der Waals surface area contributed by atoms with Crippen molar-refractivity contribution in [1.29, 1.82) is 0 Å². The third-order valence-electron chi connectivity index (χ3n) is 4.98. The molecule has 25 heavy (non-hydrogen) atoms. The number of nitrogens with one attached hydrogen (secondary N) is 1. The van der Waals surface area contributed by atoms with Crippen molar-refractivity contribution in [2.75, 3.05) is 67.1 Å². The van der Waals surface area contributed by atoms with Crippen molar-refractivity contribution >= 4 is 29.3 Å². The quantitative estimate of drug-likeness (QED) is 0.815. The van der Waals surface area contributed by atoms with Crippen LogP contribution < -0.4 is 15.1 Å². The fourth-order valence-electron chi connectivity index (χ4n) is 3.31. The molecular weight excluding hydrogens is 336 g/mol. The molecule has 1 aromatic heterocycles. The van der Waals surface area contributed by atoms with E-state index in [0.29, 0.717) is 12.6 Å². The summed E-state index contributed by atoms with van der Waals surface area (Å²) in [4.78, 5) is 27.8. The minimum atomic E-state index is 0.170.